The number of carbonyl (C=O) groups is 2. The van der Waals surface area contributed by atoms with Crippen LogP contribution in [0.1, 0.15) is 40.9 Å². The molecule has 2 aliphatic heterocycles. The molecule has 1 fully saturated rings. The van der Waals surface area contributed by atoms with E-state index in [-0.39, 0.29) is 41.0 Å². The van der Waals surface area contributed by atoms with E-state index in [2.05, 4.69) is 6.58 Å². The summed E-state index contributed by atoms with van der Waals surface area (Å²) in [6, 6.07) is 6.77. The number of halogens is 4. The van der Waals surface area contributed by atoms with Gasteiger partial charge in [-0.15, -0.1) is 6.58 Å². The van der Waals surface area contributed by atoms with Crippen molar-refractivity contribution in [2.75, 3.05) is 16.3 Å². The normalized spacial score (nSPS) is 17.2. The van der Waals surface area contributed by atoms with Crippen LogP contribution in [0, 0.1) is 17.1 Å². The fraction of sp³-hybridized carbons (Fsp3) is 0.250. The van der Waals surface area contributed by atoms with Crippen molar-refractivity contribution >= 4 is 40.5 Å². The van der Waals surface area contributed by atoms with Crippen LogP contribution in [0.5, 0.6) is 0 Å². The number of thiocarbonyl (C=S) groups is 1. The van der Waals surface area contributed by atoms with Crippen molar-refractivity contribution in [3.8, 4) is 6.07 Å². The second kappa shape index (κ2) is 8.16. The molecule has 0 bridgehead atoms. The van der Waals surface area contributed by atoms with Gasteiger partial charge in [-0.25, -0.2) is 4.39 Å². The molecular weight excluding hydrogens is 484 g/mol. The van der Waals surface area contributed by atoms with Gasteiger partial charge in [0, 0.05) is 18.7 Å². The fourth-order valence-corrected chi connectivity index (χ4v) is 4.80. The predicted molar refractivity (Wildman–Crippen MR) is 124 cm³/mol. The number of alkyl halides is 3. The Hall–Kier alpha value is -3.78. The van der Waals surface area contributed by atoms with E-state index in [1.54, 1.807) is 6.08 Å². The number of fused-ring (bicyclic) bond motifs is 1. The summed E-state index contributed by atoms with van der Waals surface area (Å²) < 4.78 is 55.8. The van der Waals surface area contributed by atoms with Gasteiger partial charge in [-0.2, -0.15) is 18.4 Å². The Balaban J connectivity index is 1.80. The highest BCUT2D eigenvalue weighted by Crippen LogP contribution is 2.41. The van der Waals surface area contributed by atoms with Crippen LogP contribution >= 0.6 is 12.2 Å². The second-order valence-electron chi connectivity index (χ2n) is 8.59. The Morgan fingerprint density at radius 2 is 1.91 bits per heavy atom. The van der Waals surface area contributed by atoms with Gasteiger partial charge in [-0.3, -0.25) is 14.5 Å². The summed E-state index contributed by atoms with van der Waals surface area (Å²) in [4.78, 5) is 29.6. The first-order valence-electron chi connectivity index (χ1n) is 10.4. The van der Waals surface area contributed by atoms with Crippen LogP contribution in [-0.4, -0.2) is 33.9 Å². The van der Waals surface area contributed by atoms with Crippen LogP contribution in [0.2, 0.25) is 0 Å². The van der Waals surface area contributed by atoms with Gasteiger partial charge >= 0.3 is 6.18 Å². The predicted octanol–water partition coefficient (Wildman–Crippen LogP) is 4.77. The van der Waals surface area contributed by atoms with Gasteiger partial charge in [0.05, 0.1) is 28.6 Å². The fourth-order valence-electron chi connectivity index (χ4n) is 4.29. The molecule has 2 aromatic rings. The molecule has 0 aliphatic carbocycles. The molecule has 6 nitrogen and oxygen atoms in total. The molecule has 0 aromatic heterocycles. The van der Waals surface area contributed by atoms with Crippen molar-refractivity contribution in [2.24, 2.45) is 0 Å². The van der Waals surface area contributed by atoms with Gasteiger partial charge in [0.15, 0.2) is 5.11 Å². The number of carbonyl (C=O) groups excluding carboxylic acids is 2. The van der Waals surface area contributed by atoms with Gasteiger partial charge in [0.25, 0.3) is 11.8 Å². The molecule has 11 heteroatoms. The zero-order chi connectivity index (χ0) is 25.9. The summed E-state index contributed by atoms with van der Waals surface area (Å²) in [5.74, 6) is -1.77. The van der Waals surface area contributed by atoms with E-state index in [1.165, 1.54) is 47.9 Å². The van der Waals surface area contributed by atoms with E-state index in [9.17, 15) is 22.8 Å². The van der Waals surface area contributed by atoms with Gasteiger partial charge in [0.1, 0.15) is 11.4 Å². The number of nitriles is 1. The van der Waals surface area contributed by atoms with E-state index >= 15 is 4.39 Å². The Morgan fingerprint density at radius 3 is 2.51 bits per heavy atom. The Kier molecular flexibility index (Phi) is 5.68. The van der Waals surface area contributed by atoms with E-state index in [4.69, 9.17) is 17.5 Å². The third kappa shape index (κ3) is 3.74. The van der Waals surface area contributed by atoms with Gasteiger partial charge in [-0.05, 0) is 62.0 Å². The summed E-state index contributed by atoms with van der Waals surface area (Å²) in [6.45, 7) is 6.97. The molecule has 2 heterocycles. The molecule has 0 spiro atoms. The highest BCUT2D eigenvalue weighted by atomic mass is 32.1. The van der Waals surface area contributed by atoms with Crippen LogP contribution in [0.15, 0.2) is 43.0 Å². The maximum absolute atomic E-state index is 15.3. The number of hydrogen-bond acceptors (Lipinski definition) is 4. The lowest BCUT2D eigenvalue weighted by Crippen LogP contribution is -2.44. The summed E-state index contributed by atoms with van der Waals surface area (Å²) >= 11 is 5.44. The van der Waals surface area contributed by atoms with Crippen LogP contribution < -0.4 is 9.80 Å². The standard InChI is InChI=1S/C24H18F4N4O2S/c1-4-7-30-12-14-8-18(25)19(10-16(14)20(30)33)32-22(35)31(21(34)23(32,2)3)15-6-5-13(11-29)17(9-15)24(26,27)28/h4-6,8-10H,1,7,12H2,2-3H3. The Bertz CT molecular complexity index is 1350. The number of hydrogen-bond donors (Lipinski definition) is 0. The van der Waals surface area contributed by atoms with Crippen LogP contribution in [0.3, 0.4) is 0 Å². The van der Waals surface area contributed by atoms with E-state index < -0.39 is 34.6 Å². The highest BCUT2D eigenvalue weighted by molar-refractivity contribution is 7.81. The topological polar surface area (TPSA) is 67.7 Å². The lowest BCUT2D eigenvalue weighted by molar-refractivity contribution is -0.137. The van der Waals surface area contributed by atoms with Gasteiger partial charge in [-0.1, -0.05) is 6.08 Å². The molecule has 0 unspecified atom stereocenters. The zero-order valence-corrected chi connectivity index (χ0v) is 19.4. The third-order valence-electron chi connectivity index (χ3n) is 6.00. The minimum Gasteiger partial charge on any atom is -0.331 e. The molecule has 180 valence electrons. The maximum Gasteiger partial charge on any atom is 0.417 e. The van der Waals surface area contributed by atoms with Crippen molar-refractivity contribution in [2.45, 2.75) is 32.1 Å². The molecule has 1 saturated heterocycles. The third-order valence-corrected chi connectivity index (χ3v) is 6.36. The number of nitrogens with zero attached hydrogens (tertiary/aromatic N) is 4. The molecule has 0 saturated carbocycles. The molecule has 0 radical (unpaired) electrons. The Morgan fingerprint density at radius 1 is 1.23 bits per heavy atom. The van der Waals surface area contributed by atoms with E-state index in [0.717, 1.165) is 11.0 Å². The van der Waals surface area contributed by atoms with Crippen molar-refractivity contribution in [3.05, 3.63) is 71.1 Å². The largest absolute Gasteiger partial charge is 0.417 e. The Labute approximate surface area is 203 Å². The maximum atomic E-state index is 15.3. The van der Waals surface area contributed by atoms with Crippen molar-refractivity contribution in [1.29, 1.82) is 5.26 Å². The minimum atomic E-state index is -4.84. The summed E-state index contributed by atoms with van der Waals surface area (Å²) in [6.07, 6.45) is -3.30. The number of benzene rings is 2. The SMILES string of the molecule is C=CCN1Cc2cc(F)c(N3C(=S)N(c4ccc(C#N)c(C(F)(F)F)c4)C(=O)C3(C)C)cc2C1=O. The van der Waals surface area contributed by atoms with E-state index in [0.29, 0.717) is 11.6 Å². The molecule has 4 rings (SSSR count). The van der Waals surface area contributed by atoms with E-state index in [1.807, 2.05) is 0 Å². The summed E-state index contributed by atoms with van der Waals surface area (Å²) in [7, 11) is 0. The lowest BCUT2D eigenvalue weighted by atomic mass is 10.0. The van der Waals surface area contributed by atoms with Crippen LogP contribution in [0.25, 0.3) is 0 Å². The molecule has 0 atom stereocenters. The zero-order valence-electron chi connectivity index (χ0n) is 18.6. The molecular formula is C24H18F4N4O2S. The van der Waals surface area contributed by atoms with Gasteiger partial charge < -0.3 is 9.80 Å². The molecule has 2 aromatic carbocycles. The smallest absolute Gasteiger partial charge is 0.331 e. The quantitative estimate of drug-likeness (QED) is 0.342. The summed E-state index contributed by atoms with van der Waals surface area (Å²) in [5.41, 5.74) is -2.97. The summed E-state index contributed by atoms with van der Waals surface area (Å²) in [5, 5.41) is 8.80. The molecule has 2 amide bonds. The van der Waals surface area contributed by atoms with Crippen molar-refractivity contribution in [1.82, 2.24) is 4.90 Å². The first kappa shape index (κ1) is 24.3. The monoisotopic (exact) mass is 502 g/mol. The lowest BCUT2D eigenvalue weighted by Gasteiger charge is -2.30. The molecule has 0 N–H and O–H groups in total. The first-order valence-corrected chi connectivity index (χ1v) is 10.8. The van der Waals surface area contributed by atoms with Crippen LogP contribution in [-0.2, 0) is 17.5 Å². The first-order chi connectivity index (χ1) is 16.3. The minimum absolute atomic E-state index is 0.145. The van der Waals surface area contributed by atoms with Crippen molar-refractivity contribution < 1.29 is 27.2 Å². The molecule has 2 aliphatic rings. The second-order valence-corrected chi connectivity index (χ2v) is 8.96. The van der Waals surface area contributed by atoms with Crippen molar-refractivity contribution in [3.63, 3.8) is 0 Å². The van der Waals surface area contributed by atoms with Gasteiger partial charge in [0.2, 0.25) is 0 Å². The van der Waals surface area contributed by atoms with Crippen LogP contribution in [0.4, 0.5) is 28.9 Å². The highest BCUT2D eigenvalue weighted by Gasteiger charge is 2.51. The number of rotatable bonds is 4. The average Bonchev–Trinajstić information content (AvgIpc) is 3.16. The number of anilines is 2. The molecule has 35 heavy (non-hydrogen) atoms. The average molecular weight is 502 g/mol. The number of amides is 2.